The lowest BCUT2D eigenvalue weighted by Crippen LogP contribution is -2.30. The molecule has 158 valence electrons. The fourth-order valence-corrected chi connectivity index (χ4v) is 5.18. The molecule has 6 nitrogen and oxygen atoms in total. The highest BCUT2D eigenvalue weighted by atomic mass is 79.9. The van der Waals surface area contributed by atoms with Gasteiger partial charge in [0.25, 0.3) is 0 Å². The van der Waals surface area contributed by atoms with Crippen molar-refractivity contribution >= 4 is 49.0 Å². The van der Waals surface area contributed by atoms with E-state index in [4.69, 9.17) is 0 Å². The lowest BCUT2D eigenvalue weighted by molar-refractivity contribution is -0.119. The third-order valence-corrected chi connectivity index (χ3v) is 8.14. The summed E-state index contributed by atoms with van der Waals surface area (Å²) in [7, 11) is -3.60. The summed E-state index contributed by atoms with van der Waals surface area (Å²) in [5.74, 6) is -0.336. The normalized spacial score (nSPS) is 15.7. The molecule has 4 rings (SSSR count). The molecule has 1 saturated carbocycles. The molecule has 1 aliphatic heterocycles. The minimum absolute atomic E-state index is 0.124. The maximum absolute atomic E-state index is 12.8. The molecular formula is C22H23BrN2O4S. The lowest BCUT2D eigenvalue weighted by atomic mass is 10.2. The van der Waals surface area contributed by atoms with Crippen molar-refractivity contribution in [1.29, 1.82) is 0 Å². The zero-order valence-electron chi connectivity index (χ0n) is 16.7. The summed E-state index contributed by atoms with van der Waals surface area (Å²) in [5.41, 5.74) is 3.30. The van der Waals surface area contributed by atoms with E-state index in [-0.39, 0.29) is 34.8 Å². The van der Waals surface area contributed by atoms with Gasteiger partial charge in [0, 0.05) is 34.7 Å². The summed E-state index contributed by atoms with van der Waals surface area (Å²) in [6, 6.07) is 10.3. The Morgan fingerprint density at radius 1 is 1.17 bits per heavy atom. The van der Waals surface area contributed by atoms with Crippen LogP contribution < -0.4 is 10.2 Å². The first-order valence-electron chi connectivity index (χ1n) is 9.98. The SMILES string of the molecule is Cc1cc(NC(=O)CCS(=O)(=O)c2ccc3c(c2)CCN3C(=O)C2CC2)ccc1Br. The Kier molecular flexibility index (Phi) is 5.72. The monoisotopic (exact) mass is 490 g/mol. The quantitative estimate of drug-likeness (QED) is 0.666. The first-order valence-corrected chi connectivity index (χ1v) is 12.4. The topological polar surface area (TPSA) is 83.6 Å². The Morgan fingerprint density at radius 3 is 2.63 bits per heavy atom. The predicted octanol–water partition coefficient (Wildman–Crippen LogP) is 3.86. The van der Waals surface area contributed by atoms with Crippen LogP contribution in [0.3, 0.4) is 0 Å². The molecule has 0 saturated heterocycles. The number of hydrogen-bond acceptors (Lipinski definition) is 4. The molecule has 1 aliphatic carbocycles. The minimum Gasteiger partial charge on any atom is -0.326 e. The smallest absolute Gasteiger partial charge is 0.230 e. The number of amides is 2. The standard InChI is InChI=1S/C22H23BrN2O4S/c1-14-12-17(4-6-19(14)23)24-21(26)9-11-30(28,29)18-5-7-20-16(13-18)8-10-25(20)22(27)15-2-3-15/h4-7,12-13,15H,2-3,8-11H2,1H3,(H,24,26). The Balaban J connectivity index is 1.40. The number of sulfone groups is 1. The summed E-state index contributed by atoms with van der Waals surface area (Å²) >= 11 is 3.41. The van der Waals surface area contributed by atoms with Crippen LogP contribution in [0.2, 0.25) is 0 Å². The average Bonchev–Trinajstić information content (AvgIpc) is 3.48. The lowest BCUT2D eigenvalue weighted by Gasteiger charge is -2.17. The second kappa shape index (κ2) is 8.15. The molecule has 30 heavy (non-hydrogen) atoms. The minimum atomic E-state index is -3.60. The highest BCUT2D eigenvalue weighted by molar-refractivity contribution is 9.10. The van der Waals surface area contributed by atoms with Gasteiger partial charge in [0.05, 0.1) is 10.6 Å². The van der Waals surface area contributed by atoms with Crippen LogP contribution in [-0.2, 0) is 25.8 Å². The molecule has 2 aliphatic rings. The van der Waals surface area contributed by atoms with Gasteiger partial charge in [-0.05, 0) is 73.7 Å². The van der Waals surface area contributed by atoms with Crippen LogP contribution in [-0.4, -0.2) is 32.5 Å². The van der Waals surface area contributed by atoms with E-state index in [1.807, 2.05) is 19.1 Å². The fourth-order valence-electron chi connectivity index (χ4n) is 3.64. The van der Waals surface area contributed by atoms with Crippen molar-refractivity contribution in [2.75, 3.05) is 22.5 Å². The third kappa shape index (κ3) is 4.44. The molecule has 0 radical (unpaired) electrons. The van der Waals surface area contributed by atoms with Crippen LogP contribution in [0, 0.1) is 12.8 Å². The number of aryl methyl sites for hydroxylation is 1. The number of carbonyl (C=O) groups is 2. The highest BCUT2D eigenvalue weighted by Crippen LogP contribution is 2.37. The molecule has 0 bridgehead atoms. The number of rotatable bonds is 6. The van der Waals surface area contributed by atoms with Crippen molar-refractivity contribution in [2.24, 2.45) is 5.92 Å². The van der Waals surface area contributed by atoms with E-state index in [0.29, 0.717) is 18.7 Å². The fraction of sp³-hybridized carbons (Fsp3) is 0.364. The Hall–Kier alpha value is -2.19. The van der Waals surface area contributed by atoms with E-state index < -0.39 is 9.84 Å². The number of nitrogens with zero attached hydrogens (tertiary/aromatic N) is 1. The summed E-state index contributed by atoms with van der Waals surface area (Å²) in [5, 5.41) is 2.74. The van der Waals surface area contributed by atoms with Crippen LogP contribution in [0.5, 0.6) is 0 Å². The first kappa shape index (κ1) is 21.1. The maximum atomic E-state index is 12.8. The van der Waals surface area contributed by atoms with Crippen LogP contribution in [0.4, 0.5) is 11.4 Å². The Morgan fingerprint density at radius 2 is 1.93 bits per heavy atom. The molecule has 0 aromatic heterocycles. The zero-order chi connectivity index (χ0) is 21.5. The van der Waals surface area contributed by atoms with Gasteiger partial charge in [-0.3, -0.25) is 9.59 Å². The van der Waals surface area contributed by atoms with Crippen molar-refractivity contribution < 1.29 is 18.0 Å². The molecule has 2 aromatic rings. The van der Waals surface area contributed by atoms with Crippen LogP contribution in [0.15, 0.2) is 45.8 Å². The molecule has 2 amide bonds. The number of benzene rings is 2. The number of halogens is 1. The van der Waals surface area contributed by atoms with Gasteiger partial charge in [0.2, 0.25) is 11.8 Å². The number of anilines is 2. The van der Waals surface area contributed by atoms with Crippen molar-refractivity contribution in [3.8, 4) is 0 Å². The van der Waals surface area contributed by atoms with Gasteiger partial charge in [0.15, 0.2) is 9.84 Å². The van der Waals surface area contributed by atoms with Crippen molar-refractivity contribution in [2.45, 2.75) is 37.5 Å². The molecule has 0 spiro atoms. The Labute approximate surface area is 184 Å². The highest BCUT2D eigenvalue weighted by Gasteiger charge is 2.36. The van der Waals surface area contributed by atoms with Crippen LogP contribution in [0.25, 0.3) is 0 Å². The van der Waals surface area contributed by atoms with E-state index in [2.05, 4.69) is 21.2 Å². The summed E-state index contributed by atoms with van der Waals surface area (Å²) < 4.78 is 26.5. The van der Waals surface area contributed by atoms with Crippen molar-refractivity contribution in [1.82, 2.24) is 0 Å². The first-order chi connectivity index (χ1) is 14.2. The molecule has 2 aromatic carbocycles. The van der Waals surface area contributed by atoms with E-state index in [9.17, 15) is 18.0 Å². The summed E-state index contributed by atoms with van der Waals surface area (Å²) in [4.78, 5) is 26.6. The van der Waals surface area contributed by atoms with Crippen LogP contribution >= 0.6 is 15.9 Å². The van der Waals surface area contributed by atoms with Gasteiger partial charge in [-0.2, -0.15) is 0 Å². The molecule has 1 N–H and O–H groups in total. The predicted molar refractivity (Wildman–Crippen MR) is 119 cm³/mol. The number of nitrogens with one attached hydrogen (secondary N) is 1. The molecule has 0 atom stereocenters. The Bertz CT molecular complexity index is 1130. The second-order valence-corrected chi connectivity index (χ2v) is 10.8. The van der Waals surface area contributed by atoms with Gasteiger partial charge in [0.1, 0.15) is 0 Å². The van der Waals surface area contributed by atoms with E-state index >= 15 is 0 Å². The van der Waals surface area contributed by atoms with Crippen molar-refractivity contribution in [3.05, 3.63) is 52.0 Å². The van der Waals surface area contributed by atoms with Gasteiger partial charge < -0.3 is 10.2 Å². The second-order valence-electron chi connectivity index (χ2n) is 7.89. The van der Waals surface area contributed by atoms with E-state index in [1.54, 1.807) is 29.2 Å². The molecule has 0 unspecified atom stereocenters. The van der Waals surface area contributed by atoms with Gasteiger partial charge >= 0.3 is 0 Å². The van der Waals surface area contributed by atoms with Crippen LogP contribution in [0.1, 0.15) is 30.4 Å². The van der Waals surface area contributed by atoms with Crippen molar-refractivity contribution in [3.63, 3.8) is 0 Å². The van der Waals surface area contributed by atoms with E-state index in [0.717, 1.165) is 34.1 Å². The number of fused-ring (bicyclic) bond motifs is 1. The average molecular weight is 491 g/mol. The largest absolute Gasteiger partial charge is 0.326 e. The number of carbonyl (C=O) groups excluding carboxylic acids is 2. The maximum Gasteiger partial charge on any atom is 0.230 e. The van der Waals surface area contributed by atoms with Gasteiger partial charge in [-0.15, -0.1) is 0 Å². The zero-order valence-corrected chi connectivity index (χ0v) is 19.1. The van der Waals surface area contributed by atoms with Gasteiger partial charge in [-0.25, -0.2) is 8.42 Å². The third-order valence-electron chi connectivity index (χ3n) is 5.54. The number of hydrogen-bond donors (Lipinski definition) is 1. The van der Waals surface area contributed by atoms with Gasteiger partial charge in [-0.1, -0.05) is 15.9 Å². The molecule has 1 fully saturated rings. The van der Waals surface area contributed by atoms with E-state index in [1.165, 1.54) is 0 Å². The molecule has 8 heteroatoms. The summed E-state index contributed by atoms with van der Waals surface area (Å²) in [6.45, 7) is 2.51. The molecule has 1 heterocycles. The molecular weight excluding hydrogens is 468 g/mol. The summed E-state index contributed by atoms with van der Waals surface area (Å²) in [6.07, 6.45) is 2.42.